The maximum absolute atomic E-state index is 12.8. The van der Waals surface area contributed by atoms with Crippen molar-refractivity contribution in [2.75, 3.05) is 13.7 Å². The minimum atomic E-state index is -0.437. The van der Waals surface area contributed by atoms with Crippen LogP contribution in [0.3, 0.4) is 0 Å². The average Bonchev–Trinajstić information content (AvgIpc) is 3.51. The van der Waals surface area contributed by atoms with E-state index in [9.17, 15) is 9.59 Å². The molecule has 0 aliphatic carbocycles. The highest BCUT2D eigenvalue weighted by molar-refractivity contribution is 6.02. The zero-order valence-electron chi connectivity index (χ0n) is 18.8. The minimum Gasteiger partial charge on any atom is -0.497 e. The highest BCUT2D eigenvalue weighted by Gasteiger charge is 2.24. The van der Waals surface area contributed by atoms with E-state index in [4.69, 9.17) is 4.74 Å². The van der Waals surface area contributed by atoms with Gasteiger partial charge in [-0.15, -0.1) is 0 Å². The summed E-state index contributed by atoms with van der Waals surface area (Å²) in [5.41, 5.74) is 2.78. The first-order valence-corrected chi connectivity index (χ1v) is 10.9. The van der Waals surface area contributed by atoms with Gasteiger partial charge in [-0.3, -0.25) is 9.59 Å². The number of carbonyl (C=O) groups is 2. The molecule has 1 aliphatic rings. The summed E-state index contributed by atoms with van der Waals surface area (Å²) >= 11 is 0. The molecular formula is C25H27N5O3. The fourth-order valence-electron chi connectivity index (χ4n) is 3.80. The van der Waals surface area contributed by atoms with Crippen LogP contribution < -0.4 is 10.1 Å². The van der Waals surface area contributed by atoms with Crippen LogP contribution in [0, 0.1) is 0 Å². The summed E-state index contributed by atoms with van der Waals surface area (Å²) < 4.78 is 7.10. The molecule has 0 fully saturated rings. The summed E-state index contributed by atoms with van der Waals surface area (Å²) in [5, 5.41) is 8.95. The third-order valence-corrected chi connectivity index (χ3v) is 5.63. The van der Waals surface area contributed by atoms with Gasteiger partial charge in [-0.05, 0) is 23.3 Å². The van der Waals surface area contributed by atoms with Gasteiger partial charge in [-0.2, -0.15) is 5.10 Å². The van der Waals surface area contributed by atoms with Crippen molar-refractivity contribution in [3.8, 4) is 5.75 Å². The number of nitrogens with one attached hydrogen (secondary N) is 1. The Bertz CT molecular complexity index is 1140. The highest BCUT2D eigenvalue weighted by Crippen LogP contribution is 2.23. The van der Waals surface area contributed by atoms with Gasteiger partial charge in [0.1, 0.15) is 17.6 Å². The molecule has 0 bridgehead atoms. The summed E-state index contributed by atoms with van der Waals surface area (Å²) in [6.45, 7) is 0.534. The predicted octanol–water partition coefficient (Wildman–Crippen LogP) is 3.05. The van der Waals surface area contributed by atoms with Crippen molar-refractivity contribution in [1.29, 1.82) is 0 Å². The summed E-state index contributed by atoms with van der Waals surface area (Å²) in [6.07, 6.45) is 4.39. The van der Waals surface area contributed by atoms with Crippen molar-refractivity contribution < 1.29 is 14.3 Å². The average molecular weight is 446 g/mol. The van der Waals surface area contributed by atoms with E-state index in [2.05, 4.69) is 15.4 Å². The molecule has 3 aromatic rings. The smallest absolute Gasteiger partial charge is 0.243 e. The van der Waals surface area contributed by atoms with Crippen LogP contribution in [-0.4, -0.2) is 45.7 Å². The highest BCUT2D eigenvalue weighted by atomic mass is 16.5. The van der Waals surface area contributed by atoms with Gasteiger partial charge in [0, 0.05) is 38.7 Å². The van der Waals surface area contributed by atoms with Crippen LogP contribution in [0.2, 0.25) is 0 Å². The van der Waals surface area contributed by atoms with Gasteiger partial charge in [0.2, 0.25) is 11.8 Å². The molecule has 1 aromatic heterocycles. The zero-order chi connectivity index (χ0) is 23.2. The number of amides is 2. The van der Waals surface area contributed by atoms with E-state index < -0.39 is 6.04 Å². The van der Waals surface area contributed by atoms with E-state index in [1.165, 1.54) is 5.01 Å². The predicted molar refractivity (Wildman–Crippen MR) is 125 cm³/mol. The molecule has 170 valence electrons. The van der Waals surface area contributed by atoms with Gasteiger partial charge >= 0.3 is 0 Å². The second kappa shape index (κ2) is 10.1. The third-order valence-electron chi connectivity index (χ3n) is 5.63. The molecule has 1 atom stereocenters. The maximum Gasteiger partial charge on any atom is 0.243 e. The second-order valence-corrected chi connectivity index (χ2v) is 7.85. The number of methoxy groups -OCH3 is 1. The van der Waals surface area contributed by atoms with Gasteiger partial charge in [0.15, 0.2) is 0 Å². The molecule has 0 radical (unpaired) electrons. The quantitative estimate of drug-likeness (QED) is 0.577. The topological polar surface area (TPSA) is 88.8 Å². The lowest BCUT2D eigenvalue weighted by Gasteiger charge is -2.20. The van der Waals surface area contributed by atoms with Gasteiger partial charge in [0.05, 0.1) is 19.4 Å². The monoisotopic (exact) mass is 445 g/mol. The number of hydrogen-bond donors (Lipinski definition) is 1. The number of nitrogens with zero attached hydrogens (tertiary/aromatic N) is 4. The number of imidazole rings is 1. The molecule has 2 amide bonds. The molecule has 2 heterocycles. The number of aryl methyl sites for hydroxylation is 1. The molecule has 8 nitrogen and oxygen atoms in total. The van der Waals surface area contributed by atoms with Crippen LogP contribution >= 0.6 is 0 Å². The Morgan fingerprint density at radius 1 is 1.09 bits per heavy atom. The van der Waals surface area contributed by atoms with Gasteiger partial charge in [-0.25, -0.2) is 9.99 Å². The number of aromatic nitrogens is 2. The van der Waals surface area contributed by atoms with Gasteiger partial charge in [-0.1, -0.05) is 42.5 Å². The Labute approximate surface area is 192 Å². The Balaban J connectivity index is 1.39. The number of hydrogen-bond acceptors (Lipinski definition) is 5. The third kappa shape index (κ3) is 5.28. The van der Waals surface area contributed by atoms with Crippen LogP contribution in [0.25, 0.3) is 0 Å². The van der Waals surface area contributed by atoms with Gasteiger partial charge < -0.3 is 14.6 Å². The van der Waals surface area contributed by atoms with E-state index in [0.29, 0.717) is 18.8 Å². The first-order valence-electron chi connectivity index (χ1n) is 10.9. The number of rotatable bonds is 8. The molecule has 8 heteroatoms. The number of carbonyl (C=O) groups excluding carboxylic acids is 2. The second-order valence-electron chi connectivity index (χ2n) is 7.85. The van der Waals surface area contributed by atoms with Crippen LogP contribution in [0.4, 0.5) is 0 Å². The van der Waals surface area contributed by atoms with Crippen LogP contribution in [0.15, 0.2) is 72.1 Å². The Morgan fingerprint density at radius 2 is 1.85 bits per heavy atom. The van der Waals surface area contributed by atoms with E-state index in [1.807, 2.05) is 72.4 Å². The van der Waals surface area contributed by atoms with E-state index in [1.54, 1.807) is 13.3 Å². The maximum atomic E-state index is 12.8. The van der Waals surface area contributed by atoms with E-state index in [0.717, 1.165) is 22.6 Å². The molecule has 0 saturated carbocycles. The summed E-state index contributed by atoms with van der Waals surface area (Å²) in [6, 6.07) is 16.9. The number of hydrazone groups is 1. The SMILES string of the molecule is COc1ccc([C@H](NC(=O)CCC(=O)N2CCC(c3ccccc3)=N2)c2nccn2C)cc1. The summed E-state index contributed by atoms with van der Waals surface area (Å²) in [4.78, 5) is 29.8. The van der Waals surface area contributed by atoms with Crippen molar-refractivity contribution in [2.24, 2.45) is 12.1 Å². The molecule has 0 saturated heterocycles. The molecule has 33 heavy (non-hydrogen) atoms. The normalized spacial score (nSPS) is 14.0. The molecule has 0 unspecified atom stereocenters. The molecule has 0 spiro atoms. The summed E-state index contributed by atoms with van der Waals surface area (Å²) in [5.74, 6) is 1.06. The van der Waals surface area contributed by atoms with Crippen LogP contribution in [-0.2, 0) is 16.6 Å². The fraction of sp³-hybridized carbons (Fsp3) is 0.280. The Morgan fingerprint density at radius 3 is 2.52 bits per heavy atom. The minimum absolute atomic E-state index is 0.0720. The first-order chi connectivity index (χ1) is 16.0. The summed E-state index contributed by atoms with van der Waals surface area (Å²) in [7, 11) is 3.49. The van der Waals surface area contributed by atoms with Gasteiger partial charge in [0.25, 0.3) is 0 Å². The number of ether oxygens (including phenoxy) is 1. The largest absolute Gasteiger partial charge is 0.497 e. The zero-order valence-corrected chi connectivity index (χ0v) is 18.8. The van der Waals surface area contributed by atoms with Crippen molar-refractivity contribution in [2.45, 2.75) is 25.3 Å². The first kappa shape index (κ1) is 22.3. The molecule has 2 aromatic carbocycles. The Kier molecular flexibility index (Phi) is 6.83. The molecular weight excluding hydrogens is 418 g/mol. The number of benzene rings is 2. The van der Waals surface area contributed by atoms with E-state index in [-0.39, 0.29) is 24.7 Å². The van der Waals surface area contributed by atoms with Crippen LogP contribution in [0.5, 0.6) is 5.75 Å². The van der Waals surface area contributed by atoms with Crippen LogP contribution in [0.1, 0.15) is 42.3 Å². The lowest BCUT2D eigenvalue weighted by Crippen LogP contribution is -2.32. The van der Waals surface area contributed by atoms with Crippen molar-refractivity contribution in [1.82, 2.24) is 19.9 Å². The van der Waals surface area contributed by atoms with E-state index >= 15 is 0 Å². The molecule has 1 aliphatic heterocycles. The standard InChI is InChI=1S/C25H27N5O3/c1-29-17-15-26-25(29)24(19-8-10-20(33-2)11-9-19)27-22(31)12-13-23(32)30-16-14-21(28-30)18-6-4-3-5-7-18/h3-11,15,17,24H,12-14,16H2,1-2H3,(H,27,31)/t24-/m0/s1. The molecule has 4 rings (SSSR count). The van der Waals surface area contributed by atoms with Crippen molar-refractivity contribution in [3.05, 3.63) is 83.9 Å². The lowest BCUT2D eigenvalue weighted by molar-refractivity contribution is -0.133. The van der Waals surface area contributed by atoms with Crippen molar-refractivity contribution in [3.63, 3.8) is 0 Å². The van der Waals surface area contributed by atoms with Crippen molar-refractivity contribution >= 4 is 17.5 Å². The molecule has 1 N–H and O–H groups in total. The fourth-order valence-corrected chi connectivity index (χ4v) is 3.80. The Hall–Kier alpha value is -3.94. The lowest BCUT2D eigenvalue weighted by atomic mass is 10.1.